The number of amides is 1. The lowest BCUT2D eigenvalue weighted by Gasteiger charge is -2.32. The van der Waals surface area contributed by atoms with E-state index < -0.39 is 0 Å². The second-order valence-electron chi connectivity index (χ2n) is 6.50. The molecule has 1 aromatic carbocycles. The Morgan fingerprint density at radius 1 is 1.22 bits per heavy atom. The van der Waals surface area contributed by atoms with Gasteiger partial charge in [0.25, 0.3) is 0 Å². The second-order valence-corrected chi connectivity index (χ2v) is 6.50. The molecular formula is C18H23NO4. The lowest BCUT2D eigenvalue weighted by molar-refractivity contribution is -0.143. The van der Waals surface area contributed by atoms with Crippen molar-refractivity contribution in [3.05, 3.63) is 35.9 Å². The van der Waals surface area contributed by atoms with Gasteiger partial charge >= 0.3 is 5.97 Å². The van der Waals surface area contributed by atoms with Crippen molar-refractivity contribution in [3.63, 3.8) is 0 Å². The van der Waals surface area contributed by atoms with Crippen LogP contribution in [0.3, 0.4) is 0 Å². The maximum atomic E-state index is 12.2. The van der Waals surface area contributed by atoms with Crippen LogP contribution in [-0.4, -0.2) is 43.6 Å². The average molecular weight is 317 g/mol. The zero-order chi connectivity index (χ0) is 16.3. The van der Waals surface area contributed by atoms with Crippen LogP contribution in [0.4, 0.5) is 0 Å². The Morgan fingerprint density at radius 2 is 1.91 bits per heavy atom. The number of carbonyl (C=O) groups is 2. The summed E-state index contributed by atoms with van der Waals surface area (Å²) in [6.07, 6.45) is 2.68. The molecule has 124 valence electrons. The molecule has 2 fully saturated rings. The third-order valence-corrected chi connectivity index (χ3v) is 5.12. The van der Waals surface area contributed by atoms with Crippen molar-refractivity contribution in [2.45, 2.75) is 25.9 Å². The second kappa shape index (κ2) is 6.71. The van der Waals surface area contributed by atoms with E-state index in [1.807, 2.05) is 35.2 Å². The molecule has 1 amide bonds. The summed E-state index contributed by atoms with van der Waals surface area (Å²) in [5.41, 5.74) is 1.16. The van der Waals surface area contributed by atoms with Crippen molar-refractivity contribution in [2.75, 3.05) is 26.8 Å². The third kappa shape index (κ3) is 3.55. The van der Waals surface area contributed by atoms with Gasteiger partial charge in [-0.1, -0.05) is 30.3 Å². The van der Waals surface area contributed by atoms with E-state index in [0.29, 0.717) is 19.7 Å². The largest absolute Gasteiger partial charge is 0.469 e. The summed E-state index contributed by atoms with van der Waals surface area (Å²) in [6.45, 7) is 1.99. The first kappa shape index (κ1) is 16.0. The van der Waals surface area contributed by atoms with Crippen molar-refractivity contribution >= 4 is 11.9 Å². The van der Waals surface area contributed by atoms with Gasteiger partial charge in [-0.15, -0.1) is 0 Å². The fourth-order valence-electron chi connectivity index (χ4n) is 3.50. The first-order valence-electron chi connectivity index (χ1n) is 8.12. The Bertz CT molecular complexity index is 564. The van der Waals surface area contributed by atoms with Crippen LogP contribution in [0.25, 0.3) is 0 Å². The molecule has 5 heteroatoms. The predicted octanol–water partition coefficient (Wildman–Crippen LogP) is 2.00. The van der Waals surface area contributed by atoms with Gasteiger partial charge in [-0.2, -0.15) is 0 Å². The van der Waals surface area contributed by atoms with Crippen LogP contribution in [0.15, 0.2) is 30.3 Å². The fourth-order valence-corrected chi connectivity index (χ4v) is 3.50. The van der Waals surface area contributed by atoms with E-state index in [4.69, 9.17) is 9.47 Å². The lowest BCUT2D eigenvalue weighted by atomic mass is 9.91. The van der Waals surface area contributed by atoms with E-state index >= 15 is 0 Å². The Hall–Kier alpha value is -1.88. The van der Waals surface area contributed by atoms with Crippen molar-refractivity contribution in [1.29, 1.82) is 0 Å². The molecule has 23 heavy (non-hydrogen) atoms. The van der Waals surface area contributed by atoms with Crippen molar-refractivity contribution < 1.29 is 19.1 Å². The number of rotatable bonds is 5. The minimum absolute atomic E-state index is 0.0334. The SMILES string of the molecule is COC(=O)[C@@H]1CC12CCN(C(=O)COCc1ccccc1)CC2. The Balaban J connectivity index is 1.40. The number of likely N-dealkylation sites (tertiary alicyclic amines) is 1. The molecule has 0 N–H and O–H groups in total. The van der Waals surface area contributed by atoms with Gasteiger partial charge in [0, 0.05) is 13.1 Å². The van der Waals surface area contributed by atoms with Gasteiger partial charge in [0.2, 0.25) is 5.91 Å². The molecule has 1 aliphatic carbocycles. The van der Waals surface area contributed by atoms with Crippen LogP contribution in [0.1, 0.15) is 24.8 Å². The van der Waals surface area contributed by atoms with Crippen LogP contribution < -0.4 is 0 Å². The summed E-state index contributed by atoms with van der Waals surface area (Å²) >= 11 is 0. The van der Waals surface area contributed by atoms with E-state index in [0.717, 1.165) is 24.8 Å². The molecule has 0 bridgehead atoms. The first-order chi connectivity index (χ1) is 11.1. The van der Waals surface area contributed by atoms with Gasteiger partial charge in [0.05, 0.1) is 19.6 Å². The normalized spacial score (nSPS) is 22.0. The number of methoxy groups -OCH3 is 1. The molecule has 0 radical (unpaired) electrons. The van der Waals surface area contributed by atoms with Gasteiger partial charge in [-0.05, 0) is 30.2 Å². The molecule has 3 rings (SSSR count). The van der Waals surface area contributed by atoms with E-state index in [1.54, 1.807) is 0 Å². The highest BCUT2D eigenvalue weighted by Crippen LogP contribution is 2.59. The molecule has 1 aromatic rings. The lowest BCUT2D eigenvalue weighted by Crippen LogP contribution is -2.41. The molecule has 1 heterocycles. The predicted molar refractivity (Wildman–Crippen MR) is 84.5 cm³/mol. The van der Waals surface area contributed by atoms with Gasteiger partial charge in [-0.25, -0.2) is 0 Å². The van der Waals surface area contributed by atoms with Crippen molar-refractivity contribution in [1.82, 2.24) is 4.90 Å². The summed E-state index contributed by atoms with van der Waals surface area (Å²) in [7, 11) is 1.44. The number of benzene rings is 1. The molecule has 1 spiro atoms. The van der Waals surface area contributed by atoms with Crippen LogP contribution in [0.5, 0.6) is 0 Å². The number of nitrogens with zero attached hydrogens (tertiary/aromatic N) is 1. The van der Waals surface area contributed by atoms with Gasteiger partial charge in [0.15, 0.2) is 0 Å². The zero-order valence-electron chi connectivity index (χ0n) is 13.5. The Labute approximate surface area is 136 Å². The molecule has 5 nitrogen and oxygen atoms in total. The maximum Gasteiger partial charge on any atom is 0.309 e. The fraction of sp³-hybridized carbons (Fsp3) is 0.556. The molecule has 0 unspecified atom stereocenters. The number of esters is 1. The standard InChI is InChI=1S/C18H23NO4/c1-22-17(21)15-11-18(15)7-9-19(10-8-18)16(20)13-23-12-14-5-3-2-4-6-14/h2-6,15H,7-13H2,1H3/t15-/m0/s1. The van der Waals surface area contributed by atoms with E-state index in [-0.39, 0.29) is 29.8 Å². The molecule has 1 atom stereocenters. The summed E-state index contributed by atoms with van der Waals surface area (Å²) in [5.74, 6) is -0.0268. The molecule has 2 aliphatic rings. The average Bonchev–Trinajstić information content (AvgIpc) is 3.29. The highest BCUT2D eigenvalue weighted by molar-refractivity contribution is 5.78. The van der Waals surface area contributed by atoms with E-state index in [9.17, 15) is 9.59 Å². The number of carbonyl (C=O) groups excluding carboxylic acids is 2. The smallest absolute Gasteiger partial charge is 0.309 e. The Kier molecular flexibility index (Phi) is 4.66. The number of hydrogen-bond acceptors (Lipinski definition) is 4. The van der Waals surface area contributed by atoms with Gasteiger partial charge in [-0.3, -0.25) is 9.59 Å². The Morgan fingerprint density at radius 3 is 2.57 bits per heavy atom. The third-order valence-electron chi connectivity index (χ3n) is 5.12. The van der Waals surface area contributed by atoms with Gasteiger partial charge < -0.3 is 14.4 Å². The minimum Gasteiger partial charge on any atom is -0.469 e. The van der Waals surface area contributed by atoms with E-state index in [2.05, 4.69) is 0 Å². The van der Waals surface area contributed by atoms with Crippen LogP contribution in [-0.2, 0) is 25.7 Å². The molecule has 1 aliphatic heterocycles. The van der Waals surface area contributed by atoms with Crippen molar-refractivity contribution in [3.8, 4) is 0 Å². The molecule has 1 saturated carbocycles. The maximum absolute atomic E-state index is 12.2. The summed E-state index contributed by atoms with van der Waals surface area (Å²) < 4.78 is 10.3. The van der Waals surface area contributed by atoms with Crippen LogP contribution in [0, 0.1) is 11.3 Å². The quantitative estimate of drug-likeness (QED) is 0.780. The summed E-state index contributed by atoms with van der Waals surface area (Å²) in [4.78, 5) is 25.7. The minimum atomic E-state index is -0.101. The first-order valence-corrected chi connectivity index (χ1v) is 8.12. The van der Waals surface area contributed by atoms with Crippen LogP contribution >= 0.6 is 0 Å². The van der Waals surface area contributed by atoms with E-state index in [1.165, 1.54) is 7.11 Å². The van der Waals surface area contributed by atoms with Gasteiger partial charge in [0.1, 0.15) is 6.61 Å². The number of piperidine rings is 1. The highest BCUT2D eigenvalue weighted by atomic mass is 16.5. The molecular weight excluding hydrogens is 294 g/mol. The molecule has 0 aromatic heterocycles. The highest BCUT2D eigenvalue weighted by Gasteiger charge is 2.59. The number of hydrogen-bond donors (Lipinski definition) is 0. The summed E-state index contributed by atoms with van der Waals surface area (Å²) in [6, 6.07) is 9.83. The molecule has 1 saturated heterocycles. The number of ether oxygens (including phenoxy) is 2. The summed E-state index contributed by atoms with van der Waals surface area (Å²) in [5, 5.41) is 0. The van der Waals surface area contributed by atoms with Crippen molar-refractivity contribution in [2.24, 2.45) is 11.3 Å². The zero-order valence-corrected chi connectivity index (χ0v) is 13.5. The van der Waals surface area contributed by atoms with Crippen LogP contribution in [0.2, 0.25) is 0 Å². The monoisotopic (exact) mass is 317 g/mol. The topological polar surface area (TPSA) is 55.8 Å².